The van der Waals surface area contributed by atoms with E-state index in [0.717, 1.165) is 0 Å². The summed E-state index contributed by atoms with van der Waals surface area (Å²) >= 11 is 0. The highest BCUT2D eigenvalue weighted by Gasteiger charge is 2.19. The van der Waals surface area contributed by atoms with Gasteiger partial charge >= 0.3 is 0 Å². The Morgan fingerprint density at radius 2 is 1.18 bits per heavy atom. The molecule has 0 unspecified atom stereocenters. The third-order valence-corrected chi connectivity index (χ3v) is 2.30. The molecular weight excluding hydrogens is 300 g/mol. The summed E-state index contributed by atoms with van der Waals surface area (Å²) in [5.41, 5.74) is 0.296. The third kappa shape index (κ3) is 1.95. The number of nitrogens with zero attached hydrogens (tertiary/aromatic N) is 12. The molecule has 0 aliphatic rings. The summed E-state index contributed by atoms with van der Waals surface area (Å²) < 4.78 is 9.13. The second kappa shape index (κ2) is 4.85. The highest BCUT2D eigenvalue weighted by Crippen LogP contribution is 2.27. The first kappa shape index (κ1) is 11.8. The third-order valence-electron chi connectivity index (χ3n) is 2.30. The van der Waals surface area contributed by atoms with Crippen molar-refractivity contribution < 1.29 is 9.26 Å². The van der Waals surface area contributed by atoms with Gasteiger partial charge in [-0.1, -0.05) is 0 Å². The molecule has 108 valence electrons. The summed E-state index contributed by atoms with van der Waals surface area (Å²) in [6.07, 6.45) is 0. The van der Waals surface area contributed by atoms with E-state index in [1.165, 1.54) is 0 Å². The Kier molecular flexibility index (Phi) is 2.60. The molecule has 16 heteroatoms. The smallest absolute Gasteiger partial charge is 0.241 e. The van der Waals surface area contributed by atoms with Gasteiger partial charge in [-0.15, -0.1) is 30.6 Å². The molecule has 4 heterocycles. The van der Waals surface area contributed by atoms with Crippen molar-refractivity contribution in [1.29, 1.82) is 0 Å². The zero-order chi connectivity index (χ0) is 14.8. The van der Waals surface area contributed by atoms with Crippen molar-refractivity contribution in [3.63, 3.8) is 0 Å². The number of aromatic nitrogens is 12. The lowest BCUT2D eigenvalue weighted by Gasteiger charge is -1.86. The van der Waals surface area contributed by atoms with Crippen LogP contribution in [-0.4, -0.2) is 61.9 Å². The maximum absolute atomic E-state index is 4.57. The van der Waals surface area contributed by atoms with Crippen molar-refractivity contribution in [1.82, 2.24) is 61.9 Å². The summed E-state index contributed by atoms with van der Waals surface area (Å²) in [5, 5.41) is 48.2. The zero-order valence-corrected chi connectivity index (χ0v) is 10.2. The summed E-state index contributed by atoms with van der Waals surface area (Å²) in [4.78, 5) is 0. The van der Waals surface area contributed by atoms with Crippen molar-refractivity contribution >= 4 is 11.6 Å². The Balaban J connectivity index is 1.67. The lowest BCUT2D eigenvalue weighted by Crippen LogP contribution is -1.82. The average Bonchev–Trinajstić information content (AvgIpc) is 3.32. The van der Waals surface area contributed by atoms with E-state index in [4.69, 9.17) is 0 Å². The monoisotopic (exact) mass is 302 g/mol. The number of H-pyrrole nitrogens is 2. The quantitative estimate of drug-likeness (QED) is 0.444. The predicted molar refractivity (Wildman–Crippen MR) is 59.1 cm³/mol. The molecule has 16 nitrogen and oxygen atoms in total. The van der Waals surface area contributed by atoms with Crippen molar-refractivity contribution in [2.45, 2.75) is 0 Å². The van der Waals surface area contributed by atoms with Gasteiger partial charge in [-0.3, -0.25) is 0 Å². The minimum Gasteiger partial charge on any atom is -0.241 e. The van der Waals surface area contributed by atoms with E-state index in [1.807, 2.05) is 0 Å². The van der Waals surface area contributed by atoms with Crippen LogP contribution in [-0.2, 0) is 0 Å². The highest BCUT2D eigenvalue weighted by molar-refractivity contribution is 5.62. The molecule has 0 aliphatic heterocycles. The van der Waals surface area contributed by atoms with Crippen molar-refractivity contribution in [2.24, 2.45) is 10.2 Å². The van der Waals surface area contributed by atoms with Crippen molar-refractivity contribution in [2.75, 3.05) is 0 Å². The lowest BCUT2D eigenvalue weighted by molar-refractivity contribution is 0.308. The van der Waals surface area contributed by atoms with Crippen LogP contribution in [0.3, 0.4) is 0 Å². The van der Waals surface area contributed by atoms with Gasteiger partial charge in [0.2, 0.25) is 34.7 Å². The van der Waals surface area contributed by atoms with Crippen LogP contribution in [0.25, 0.3) is 23.0 Å². The molecule has 22 heavy (non-hydrogen) atoms. The molecule has 4 aromatic rings. The summed E-state index contributed by atoms with van der Waals surface area (Å²) in [6.45, 7) is 0. The second-order valence-corrected chi connectivity index (χ2v) is 3.54. The minimum absolute atomic E-state index is 0.0171. The molecule has 0 aromatic carbocycles. The molecule has 4 aromatic heterocycles. The van der Waals surface area contributed by atoms with Gasteiger partial charge in [-0.2, -0.15) is 10.4 Å². The van der Waals surface area contributed by atoms with Crippen LogP contribution in [0.5, 0.6) is 0 Å². The molecule has 0 saturated carbocycles. The molecule has 0 radical (unpaired) electrons. The molecule has 0 atom stereocenters. The van der Waals surface area contributed by atoms with Crippen LogP contribution in [0.1, 0.15) is 0 Å². The molecule has 0 amide bonds. The van der Waals surface area contributed by atoms with Crippen LogP contribution >= 0.6 is 0 Å². The number of azo groups is 1. The summed E-state index contributed by atoms with van der Waals surface area (Å²) in [5.74, 6) is 0.325. The lowest BCUT2D eigenvalue weighted by atomic mass is 10.4. The molecule has 0 bridgehead atoms. The van der Waals surface area contributed by atoms with E-state index < -0.39 is 0 Å². The molecule has 0 fully saturated rings. The zero-order valence-electron chi connectivity index (χ0n) is 10.2. The molecule has 4 rings (SSSR count). The van der Waals surface area contributed by atoms with Crippen LogP contribution in [0, 0.1) is 0 Å². The van der Waals surface area contributed by atoms with Gasteiger partial charge in [0, 0.05) is 0 Å². The van der Waals surface area contributed by atoms with Crippen molar-refractivity contribution in [3.8, 4) is 23.0 Å². The molecule has 2 N–H and O–H groups in total. The fourth-order valence-corrected chi connectivity index (χ4v) is 1.40. The van der Waals surface area contributed by atoms with Gasteiger partial charge in [0.1, 0.15) is 0 Å². The molecular formula is C6H2N14O2. The van der Waals surface area contributed by atoms with Gasteiger partial charge in [-0.05, 0) is 31.1 Å². The fourth-order valence-electron chi connectivity index (χ4n) is 1.40. The van der Waals surface area contributed by atoms with E-state index in [0.29, 0.717) is 0 Å². The Morgan fingerprint density at radius 3 is 1.59 bits per heavy atom. The summed E-state index contributed by atoms with van der Waals surface area (Å²) in [6, 6.07) is 0. The standard InChI is InChI=1S/C6H2N14O2/c7(5-1(13-21-15-5)3-9-17-18-10-3)8-6-2(14-22-16-6)4-11-19-20-12-4/h(H,9,10,17,18)(H,11,12,19,20). The Bertz CT molecular complexity index is 811. The SMILES string of the molecule is N(=Nc1nonc1-c1nn[nH]n1)c1nonc1-c1nn[nH]n1. The van der Waals surface area contributed by atoms with Crippen molar-refractivity contribution in [3.05, 3.63) is 0 Å². The fraction of sp³-hybridized carbons (Fsp3) is 0. The van der Waals surface area contributed by atoms with Crippen LogP contribution in [0.4, 0.5) is 11.6 Å². The Morgan fingerprint density at radius 1 is 0.682 bits per heavy atom. The normalized spacial score (nSPS) is 11.5. The van der Waals surface area contributed by atoms with E-state index >= 15 is 0 Å². The molecule has 0 aliphatic carbocycles. The van der Waals surface area contributed by atoms with Gasteiger partial charge in [0.05, 0.1) is 0 Å². The number of hydrogen-bond acceptors (Lipinski definition) is 14. The molecule has 0 saturated heterocycles. The first-order valence-corrected chi connectivity index (χ1v) is 5.46. The topological polar surface area (TPSA) is 211 Å². The second-order valence-electron chi connectivity index (χ2n) is 3.54. The first-order chi connectivity index (χ1) is 10.9. The minimum atomic E-state index is 0.0171. The maximum Gasteiger partial charge on any atom is 0.249 e. The van der Waals surface area contributed by atoms with Gasteiger partial charge in [0.15, 0.2) is 0 Å². The van der Waals surface area contributed by atoms with E-state index in [9.17, 15) is 0 Å². The van der Waals surface area contributed by atoms with Crippen LogP contribution in [0.15, 0.2) is 19.5 Å². The number of hydrogen-bond donors (Lipinski definition) is 2. The number of tetrazole rings is 2. The number of aromatic amines is 2. The number of rotatable bonds is 4. The number of nitrogens with one attached hydrogen (secondary N) is 2. The molecule has 0 spiro atoms. The van der Waals surface area contributed by atoms with E-state index in [2.05, 4.69) is 81.4 Å². The first-order valence-electron chi connectivity index (χ1n) is 5.46. The highest BCUT2D eigenvalue weighted by atomic mass is 16.6. The van der Waals surface area contributed by atoms with E-state index in [-0.39, 0.29) is 34.7 Å². The van der Waals surface area contributed by atoms with Gasteiger partial charge in [-0.25, -0.2) is 9.26 Å². The summed E-state index contributed by atoms with van der Waals surface area (Å²) in [7, 11) is 0. The predicted octanol–water partition coefficient (Wildman–Crippen LogP) is -0.772. The largest absolute Gasteiger partial charge is 0.249 e. The van der Waals surface area contributed by atoms with Gasteiger partial charge < -0.3 is 0 Å². The van der Waals surface area contributed by atoms with Crippen LogP contribution < -0.4 is 0 Å². The Labute approximate surface area is 117 Å². The Hall–Kier alpha value is -3.98. The van der Waals surface area contributed by atoms with Crippen LogP contribution in [0.2, 0.25) is 0 Å². The maximum atomic E-state index is 4.57. The average molecular weight is 302 g/mol. The van der Waals surface area contributed by atoms with E-state index in [1.54, 1.807) is 0 Å². The van der Waals surface area contributed by atoms with Gasteiger partial charge in [0.25, 0.3) is 0 Å².